The maximum absolute atomic E-state index is 12.0. The standard InChI is InChI=1S/C11H13ClN2O/c1-8-6-9(2-4-13-8)11(15)14-5-3-10(12)7-14/h2,4,6,10H,3,5,7H2,1H3. The lowest BCUT2D eigenvalue weighted by Gasteiger charge is -2.15. The third kappa shape index (κ3) is 2.29. The van der Waals surface area contributed by atoms with Crippen LogP contribution in [0.15, 0.2) is 18.3 Å². The molecule has 0 spiro atoms. The Morgan fingerprint density at radius 2 is 2.47 bits per heavy atom. The van der Waals surface area contributed by atoms with E-state index in [-0.39, 0.29) is 11.3 Å². The summed E-state index contributed by atoms with van der Waals surface area (Å²) in [5, 5.41) is 0.108. The second-order valence-electron chi connectivity index (χ2n) is 3.82. The number of likely N-dealkylation sites (tertiary alicyclic amines) is 1. The summed E-state index contributed by atoms with van der Waals surface area (Å²) >= 11 is 5.96. The number of nitrogens with zero attached hydrogens (tertiary/aromatic N) is 2. The second-order valence-corrected chi connectivity index (χ2v) is 4.44. The summed E-state index contributed by atoms with van der Waals surface area (Å²) in [6, 6.07) is 3.56. The van der Waals surface area contributed by atoms with Gasteiger partial charge in [0.2, 0.25) is 0 Å². The molecule has 1 aliphatic rings. The number of rotatable bonds is 1. The maximum atomic E-state index is 12.0. The molecule has 4 heteroatoms. The van der Waals surface area contributed by atoms with Gasteiger partial charge in [-0.25, -0.2) is 0 Å². The number of hydrogen-bond donors (Lipinski definition) is 0. The van der Waals surface area contributed by atoms with E-state index in [0.29, 0.717) is 12.1 Å². The number of alkyl halides is 1. The zero-order valence-corrected chi connectivity index (χ0v) is 9.37. The molecule has 80 valence electrons. The summed E-state index contributed by atoms with van der Waals surface area (Å²) in [4.78, 5) is 17.8. The van der Waals surface area contributed by atoms with Gasteiger partial charge < -0.3 is 4.90 Å². The molecule has 0 N–H and O–H groups in total. The van der Waals surface area contributed by atoms with Gasteiger partial charge in [-0.05, 0) is 25.5 Å². The smallest absolute Gasteiger partial charge is 0.254 e. The predicted octanol–water partition coefficient (Wildman–Crippen LogP) is 1.84. The van der Waals surface area contributed by atoms with E-state index in [9.17, 15) is 4.79 Å². The topological polar surface area (TPSA) is 33.2 Å². The number of pyridine rings is 1. The Balaban J connectivity index is 2.14. The van der Waals surface area contributed by atoms with Crippen LogP contribution >= 0.6 is 11.6 Å². The van der Waals surface area contributed by atoms with Gasteiger partial charge in [0.15, 0.2) is 0 Å². The first-order chi connectivity index (χ1) is 7.16. The monoisotopic (exact) mass is 224 g/mol. The summed E-state index contributed by atoms with van der Waals surface area (Å²) < 4.78 is 0. The summed E-state index contributed by atoms with van der Waals surface area (Å²) in [6.07, 6.45) is 2.55. The lowest BCUT2D eigenvalue weighted by molar-refractivity contribution is 0.0793. The average molecular weight is 225 g/mol. The van der Waals surface area contributed by atoms with Gasteiger partial charge >= 0.3 is 0 Å². The highest BCUT2D eigenvalue weighted by molar-refractivity contribution is 6.21. The lowest BCUT2D eigenvalue weighted by Crippen LogP contribution is -2.28. The van der Waals surface area contributed by atoms with Crippen molar-refractivity contribution in [2.75, 3.05) is 13.1 Å². The molecule has 15 heavy (non-hydrogen) atoms. The Morgan fingerprint density at radius 1 is 1.67 bits per heavy atom. The van der Waals surface area contributed by atoms with Crippen molar-refractivity contribution in [1.29, 1.82) is 0 Å². The molecule has 0 bridgehead atoms. The molecule has 0 aliphatic carbocycles. The van der Waals surface area contributed by atoms with Crippen molar-refractivity contribution in [3.05, 3.63) is 29.6 Å². The highest BCUT2D eigenvalue weighted by atomic mass is 35.5. The molecule has 3 nitrogen and oxygen atoms in total. The van der Waals surface area contributed by atoms with Crippen molar-refractivity contribution in [3.8, 4) is 0 Å². The van der Waals surface area contributed by atoms with Gasteiger partial charge in [-0.1, -0.05) is 0 Å². The zero-order valence-electron chi connectivity index (χ0n) is 8.61. The first-order valence-corrected chi connectivity index (χ1v) is 5.46. The number of aromatic nitrogens is 1. The zero-order chi connectivity index (χ0) is 10.8. The van der Waals surface area contributed by atoms with Crippen LogP contribution in [-0.2, 0) is 0 Å². The van der Waals surface area contributed by atoms with Crippen LogP contribution in [0.25, 0.3) is 0 Å². The van der Waals surface area contributed by atoms with Crippen LogP contribution in [0, 0.1) is 6.92 Å². The lowest BCUT2D eigenvalue weighted by atomic mass is 10.2. The minimum absolute atomic E-state index is 0.0589. The number of amides is 1. The summed E-state index contributed by atoms with van der Waals surface area (Å²) in [6.45, 7) is 3.29. The van der Waals surface area contributed by atoms with Gasteiger partial charge in [-0.2, -0.15) is 0 Å². The molecule has 0 saturated carbocycles. The summed E-state index contributed by atoms with van der Waals surface area (Å²) in [5.74, 6) is 0.0589. The van der Waals surface area contributed by atoms with Crippen LogP contribution in [0.5, 0.6) is 0 Å². The molecule has 0 aromatic carbocycles. The Labute approximate surface area is 94.1 Å². The van der Waals surface area contributed by atoms with Crippen LogP contribution in [-0.4, -0.2) is 34.3 Å². The van der Waals surface area contributed by atoms with E-state index in [2.05, 4.69) is 4.98 Å². The van der Waals surface area contributed by atoms with E-state index >= 15 is 0 Å². The quantitative estimate of drug-likeness (QED) is 0.682. The fraction of sp³-hybridized carbons (Fsp3) is 0.455. The van der Waals surface area contributed by atoms with Crippen molar-refractivity contribution >= 4 is 17.5 Å². The average Bonchev–Trinajstić information content (AvgIpc) is 2.64. The van der Waals surface area contributed by atoms with E-state index < -0.39 is 0 Å². The van der Waals surface area contributed by atoms with Gasteiger partial charge in [-0.3, -0.25) is 9.78 Å². The minimum atomic E-state index is 0.0589. The molecule has 1 atom stereocenters. The van der Waals surface area contributed by atoms with Gasteiger partial charge in [0.1, 0.15) is 0 Å². The number of carbonyl (C=O) groups is 1. The van der Waals surface area contributed by atoms with Crippen LogP contribution in [0.2, 0.25) is 0 Å². The minimum Gasteiger partial charge on any atom is -0.337 e. The highest BCUT2D eigenvalue weighted by Crippen LogP contribution is 2.17. The molecule has 1 amide bonds. The fourth-order valence-electron chi connectivity index (χ4n) is 1.76. The molecule has 1 unspecified atom stereocenters. The van der Waals surface area contributed by atoms with E-state index in [1.165, 1.54) is 0 Å². The molecule has 1 saturated heterocycles. The van der Waals surface area contributed by atoms with E-state index in [1.54, 1.807) is 17.2 Å². The fourth-order valence-corrected chi connectivity index (χ4v) is 2.03. The Hall–Kier alpha value is -1.09. The maximum Gasteiger partial charge on any atom is 0.254 e. The second kappa shape index (κ2) is 4.19. The first-order valence-electron chi connectivity index (χ1n) is 5.03. The van der Waals surface area contributed by atoms with Crippen molar-refractivity contribution in [2.24, 2.45) is 0 Å². The van der Waals surface area contributed by atoms with Crippen molar-refractivity contribution in [2.45, 2.75) is 18.7 Å². The van der Waals surface area contributed by atoms with Crippen molar-refractivity contribution in [3.63, 3.8) is 0 Å². The van der Waals surface area contributed by atoms with E-state index in [0.717, 1.165) is 18.7 Å². The van der Waals surface area contributed by atoms with Crippen molar-refractivity contribution < 1.29 is 4.79 Å². The number of aryl methyl sites for hydroxylation is 1. The normalized spacial score (nSPS) is 20.7. The molecule has 1 aliphatic heterocycles. The van der Waals surface area contributed by atoms with Crippen LogP contribution < -0.4 is 0 Å². The highest BCUT2D eigenvalue weighted by Gasteiger charge is 2.25. The number of carbonyl (C=O) groups excluding carboxylic acids is 1. The van der Waals surface area contributed by atoms with Gasteiger partial charge in [-0.15, -0.1) is 11.6 Å². The molecule has 1 aromatic rings. The van der Waals surface area contributed by atoms with Crippen molar-refractivity contribution in [1.82, 2.24) is 9.88 Å². The molecular formula is C11H13ClN2O. The SMILES string of the molecule is Cc1cc(C(=O)N2CCC(Cl)C2)ccn1. The number of halogens is 1. The molecular weight excluding hydrogens is 212 g/mol. The molecule has 1 aromatic heterocycles. The van der Waals surface area contributed by atoms with Gasteiger partial charge in [0.25, 0.3) is 5.91 Å². The Bertz CT molecular complexity index is 381. The largest absolute Gasteiger partial charge is 0.337 e. The predicted molar refractivity (Wildman–Crippen MR) is 59.1 cm³/mol. The summed E-state index contributed by atoms with van der Waals surface area (Å²) in [5.41, 5.74) is 1.57. The molecule has 0 radical (unpaired) electrons. The third-order valence-electron chi connectivity index (χ3n) is 2.56. The van der Waals surface area contributed by atoms with Gasteiger partial charge in [0, 0.05) is 30.5 Å². The van der Waals surface area contributed by atoms with E-state index in [4.69, 9.17) is 11.6 Å². The molecule has 2 heterocycles. The molecule has 2 rings (SSSR count). The Morgan fingerprint density at radius 3 is 3.07 bits per heavy atom. The first kappa shape index (κ1) is 10.4. The van der Waals surface area contributed by atoms with Crippen LogP contribution in [0.3, 0.4) is 0 Å². The van der Waals surface area contributed by atoms with E-state index in [1.807, 2.05) is 13.0 Å². The molecule has 1 fully saturated rings. The van der Waals surface area contributed by atoms with Gasteiger partial charge in [0.05, 0.1) is 5.38 Å². The van der Waals surface area contributed by atoms with Crippen LogP contribution in [0.4, 0.5) is 0 Å². The summed E-state index contributed by atoms with van der Waals surface area (Å²) in [7, 11) is 0. The van der Waals surface area contributed by atoms with Crippen LogP contribution in [0.1, 0.15) is 22.5 Å². The number of hydrogen-bond acceptors (Lipinski definition) is 2. The Kier molecular flexibility index (Phi) is 2.91. The third-order valence-corrected chi connectivity index (χ3v) is 2.92.